The minimum atomic E-state index is -0.159. The highest BCUT2D eigenvalue weighted by Crippen LogP contribution is 2.23. The van der Waals surface area contributed by atoms with E-state index in [2.05, 4.69) is 0 Å². The minimum absolute atomic E-state index is 0.110. The Hall–Kier alpha value is -2.63. The Morgan fingerprint density at radius 1 is 1.07 bits per heavy atom. The molecule has 0 bridgehead atoms. The first-order valence-electron chi connectivity index (χ1n) is 8.71. The fourth-order valence-electron chi connectivity index (χ4n) is 2.76. The molecule has 2 aromatic carbocycles. The lowest BCUT2D eigenvalue weighted by molar-refractivity contribution is 0.0922. The SMILES string of the molecule is CCOCCn1ccc2c(OCC(=O)c3ccc(Cl)cc3)cccc2c1=O. The van der Waals surface area contributed by atoms with E-state index in [0.29, 0.717) is 46.9 Å². The van der Waals surface area contributed by atoms with Gasteiger partial charge in [0, 0.05) is 35.3 Å². The van der Waals surface area contributed by atoms with E-state index in [1.807, 2.05) is 13.0 Å². The number of pyridine rings is 1. The smallest absolute Gasteiger partial charge is 0.258 e. The monoisotopic (exact) mass is 385 g/mol. The minimum Gasteiger partial charge on any atom is -0.485 e. The molecule has 0 aliphatic rings. The number of ether oxygens (including phenoxy) is 2. The van der Waals surface area contributed by atoms with E-state index in [1.54, 1.807) is 53.2 Å². The third-order valence-electron chi connectivity index (χ3n) is 4.18. The molecule has 6 heteroatoms. The Labute approximate surface area is 162 Å². The van der Waals surface area contributed by atoms with E-state index in [-0.39, 0.29) is 17.9 Å². The van der Waals surface area contributed by atoms with Gasteiger partial charge in [-0.3, -0.25) is 9.59 Å². The maximum atomic E-state index is 12.6. The first-order valence-corrected chi connectivity index (χ1v) is 9.09. The van der Waals surface area contributed by atoms with Gasteiger partial charge in [-0.05, 0) is 49.4 Å². The summed E-state index contributed by atoms with van der Waals surface area (Å²) < 4.78 is 12.6. The van der Waals surface area contributed by atoms with Gasteiger partial charge in [0.1, 0.15) is 5.75 Å². The molecular formula is C21H20ClNO4. The number of halogens is 1. The van der Waals surface area contributed by atoms with Gasteiger partial charge in [0.25, 0.3) is 5.56 Å². The number of nitrogens with zero attached hydrogens (tertiary/aromatic N) is 1. The number of ketones is 1. The molecule has 0 aliphatic heterocycles. The first kappa shape index (κ1) is 19.1. The van der Waals surface area contributed by atoms with Crippen molar-refractivity contribution in [3.05, 3.63) is 75.7 Å². The largest absolute Gasteiger partial charge is 0.485 e. The average Bonchev–Trinajstić information content (AvgIpc) is 2.68. The summed E-state index contributed by atoms with van der Waals surface area (Å²) in [5, 5.41) is 1.80. The summed E-state index contributed by atoms with van der Waals surface area (Å²) in [5.74, 6) is 0.345. The van der Waals surface area contributed by atoms with Crippen LogP contribution in [-0.4, -0.2) is 30.2 Å². The van der Waals surface area contributed by atoms with Crippen molar-refractivity contribution in [3.63, 3.8) is 0 Å². The lowest BCUT2D eigenvalue weighted by atomic mass is 10.1. The summed E-state index contributed by atoms with van der Waals surface area (Å²) >= 11 is 5.84. The summed E-state index contributed by atoms with van der Waals surface area (Å²) in [6.07, 6.45) is 1.72. The summed E-state index contributed by atoms with van der Waals surface area (Å²) in [4.78, 5) is 24.9. The number of carbonyl (C=O) groups is 1. The molecule has 3 aromatic rings. The number of carbonyl (C=O) groups excluding carboxylic acids is 1. The standard InChI is InChI=1S/C21H20ClNO4/c1-2-26-13-12-23-11-10-17-18(21(23)25)4-3-5-20(17)27-14-19(24)15-6-8-16(22)9-7-15/h3-11H,2,12-14H2,1H3. The Balaban J connectivity index is 1.78. The predicted octanol–water partition coefficient (Wildman–Crippen LogP) is 3.95. The molecule has 3 rings (SSSR count). The molecule has 140 valence electrons. The zero-order valence-electron chi connectivity index (χ0n) is 15.0. The van der Waals surface area contributed by atoms with Crippen LogP contribution in [0.25, 0.3) is 10.8 Å². The Morgan fingerprint density at radius 3 is 2.59 bits per heavy atom. The molecule has 0 fully saturated rings. The van der Waals surface area contributed by atoms with Crippen LogP contribution in [0.4, 0.5) is 0 Å². The second kappa shape index (κ2) is 8.84. The van der Waals surface area contributed by atoms with E-state index >= 15 is 0 Å². The quantitative estimate of drug-likeness (QED) is 0.435. The van der Waals surface area contributed by atoms with E-state index < -0.39 is 0 Å². The van der Waals surface area contributed by atoms with E-state index in [1.165, 1.54) is 0 Å². The van der Waals surface area contributed by atoms with Gasteiger partial charge in [0.05, 0.1) is 12.0 Å². The van der Waals surface area contributed by atoms with Crippen LogP contribution in [-0.2, 0) is 11.3 Å². The zero-order valence-corrected chi connectivity index (χ0v) is 15.7. The summed E-state index contributed by atoms with van der Waals surface area (Å²) in [6.45, 7) is 3.38. The second-order valence-corrected chi connectivity index (χ2v) is 6.38. The molecule has 0 saturated heterocycles. The fraction of sp³-hybridized carbons (Fsp3) is 0.238. The Morgan fingerprint density at radius 2 is 1.85 bits per heavy atom. The van der Waals surface area contributed by atoms with Crippen molar-refractivity contribution < 1.29 is 14.3 Å². The Kier molecular flexibility index (Phi) is 6.27. The van der Waals surface area contributed by atoms with Gasteiger partial charge in [-0.15, -0.1) is 0 Å². The van der Waals surface area contributed by atoms with Crippen molar-refractivity contribution >= 4 is 28.2 Å². The third kappa shape index (κ3) is 4.56. The second-order valence-electron chi connectivity index (χ2n) is 5.95. The van der Waals surface area contributed by atoms with Gasteiger partial charge in [-0.2, -0.15) is 0 Å². The highest BCUT2D eigenvalue weighted by atomic mass is 35.5. The molecule has 0 saturated carbocycles. The number of hydrogen-bond acceptors (Lipinski definition) is 4. The van der Waals surface area contributed by atoms with Gasteiger partial charge in [-0.1, -0.05) is 17.7 Å². The topological polar surface area (TPSA) is 57.5 Å². The molecule has 27 heavy (non-hydrogen) atoms. The lowest BCUT2D eigenvalue weighted by Crippen LogP contribution is -2.22. The normalized spacial score (nSPS) is 10.9. The maximum absolute atomic E-state index is 12.6. The zero-order chi connectivity index (χ0) is 19.2. The first-order chi connectivity index (χ1) is 13.1. The van der Waals surface area contributed by atoms with Crippen molar-refractivity contribution in [2.45, 2.75) is 13.5 Å². The van der Waals surface area contributed by atoms with Crippen LogP contribution in [0.2, 0.25) is 5.02 Å². The van der Waals surface area contributed by atoms with E-state index in [9.17, 15) is 9.59 Å². The lowest BCUT2D eigenvalue weighted by Gasteiger charge is -2.11. The van der Waals surface area contributed by atoms with Gasteiger partial charge < -0.3 is 14.0 Å². The third-order valence-corrected chi connectivity index (χ3v) is 4.44. The van der Waals surface area contributed by atoms with Crippen LogP contribution in [0, 0.1) is 0 Å². The number of rotatable bonds is 8. The van der Waals surface area contributed by atoms with Crippen LogP contribution in [0.3, 0.4) is 0 Å². The molecule has 0 amide bonds. The van der Waals surface area contributed by atoms with Crippen molar-refractivity contribution in [1.82, 2.24) is 4.57 Å². The highest BCUT2D eigenvalue weighted by molar-refractivity contribution is 6.30. The van der Waals surface area contributed by atoms with Crippen molar-refractivity contribution in [2.75, 3.05) is 19.8 Å². The number of aromatic nitrogens is 1. The van der Waals surface area contributed by atoms with Crippen molar-refractivity contribution in [3.8, 4) is 5.75 Å². The summed E-state index contributed by atoms with van der Waals surface area (Å²) in [6, 6.07) is 13.7. The van der Waals surface area contributed by atoms with E-state index in [0.717, 1.165) is 0 Å². The predicted molar refractivity (Wildman–Crippen MR) is 106 cm³/mol. The van der Waals surface area contributed by atoms with Gasteiger partial charge in [0.2, 0.25) is 0 Å². The van der Waals surface area contributed by atoms with Crippen LogP contribution in [0.1, 0.15) is 17.3 Å². The molecule has 1 aromatic heterocycles. The number of hydrogen-bond donors (Lipinski definition) is 0. The average molecular weight is 386 g/mol. The Bertz CT molecular complexity index is 995. The van der Waals surface area contributed by atoms with Crippen LogP contribution in [0.15, 0.2) is 59.5 Å². The van der Waals surface area contributed by atoms with Crippen molar-refractivity contribution in [1.29, 1.82) is 0 Å². The molecule has 0 unspecified atom stereocenters. The molecule has 0 N–H and O–H groups in total. The van der Waals surface area contributed by atoms with Crippen molar-refractivity contribution in [2.24, 2.45) is 0 Å². The molecular weight excluding hydrogens is 366 g/mol. The summed E-state index contributed by atoms with van der Waals surface area (Å²) in [5.41, 5.74) is 0.416. The number of benzene rings is 2. The molecule has 0 spiro atoms. The molecule has 0 radical (unpaired) electrons. The molecule has 0 atom stereocenters. The summed E-state index contributed by atoms with van der Waals surface area (Å²) in [7, 11) is 0. The van der Waals surface area contributed by atoms with Gasteiger partial charge >= 0.3 is 0 Å². The number of fused-ring (bicyclic) bond motifs is 1. The van der Waals surface area contributed by atoms with Crippen LogP contribution >= 0.6 is 11.6 Å². The number of Topliss-reactive ketones (excluding diaryl/α,β-unsaturated/α-hetero) is 1. The van der Waals surface area contributed by atoms with Crippen LogP contribution in [0.5, 0.6) is 5.75 Å². The van der Waals surface area contributed by atoms with Gasteiger partial charge in [-0.25, -0.2) is 0 Å². The van der Waals surface area contributed by atoms with E-state index in [4.69, 9.17) is 21.1 Å². The highest BCUT2D eigenvalue weighted by Gasteiger charge is 2.11. The van der Waals surface area contributed by atoms with Gasteiger partial charge in [0.15, 0.2) is 12.4 Å². The van der Waals surface area contributed by atoms with Crippen LogP contribution < -0.4 is 10.3 Å². The molecule has 1 heterocycles. The maximum Gasteiger partial charge on any atom is 0.258 e. The molecule has 5 nitrogen and oxygen atoms in total. The molecule has 0 aliphatic carbocycles. The fourth-order valence-corrected chi connectivity index (χ4v) is 2.89.